The summed E-state index contributed by atoms with van der Waals surface area (Å²) in [6, 6.07) is 0. The highest BCUT2D eigenvalue weighted by molar-refractivity contribution is 8.00. The second kappa shape index (κ2) is 5.34. The van der Waals surface area contributed by atoms with Crippen molar-refractivity contribution in [2.75, 3.05) is 23.7 Å². The van der Waals surface area contributed by atoms with Gasteiger partial charge in [0.15, 0.2) is 5.82 Å². The van der Waals surface area contributed by atoms with Crippen molar-refractivity contribution in [2.45, 2.75) is 38.5 Å². The van der Waals surface area contributed by atoms with Crippen molar-refractivity contribution in [1.82, 2.24) is 9.97 Å². The molecule has 1 aliphatic rings. The molecule has 1 aromatic rings. The van der Waals surface area contributed by atoms with Crippen LogP contribution < -0.4 is 9.64 Å². The Balaban J connectivity index is 2.12. The first-order valence-electron chi connectivity index (χ1n) is 6.34. The van der Waals surface area contributed by atoms with Gasteiger partial charge in [0, 0.05) is 23.6 Å². The van der Waals surface area contributed by atoms with E-state index in [0.29, 0.717) is 5.88 Å². The number of rotatable bonds is 3. The van der Waals surface area contributed by atoms with Gasteiger partial charge >= 0.3 is 0 Å². The molecule has 0 bridgehead atoms. The summed E-state index contributed by atoms with van der Waals surface area (Å²) in [4.78, 5) is 11.0. The molecular formula is C13H21N3OS. The maximum Gasteiger partial charge on any atom is 0.234 e. The molecule has 2 rings (SSSR count). The first kappa shape index (κ1) is 13.5. The fraction of sp³-hybridized carbons (Fsp3) is 0.692. The van der Waals surface area contributed by atoms with Crippen LogP contribution in [-0.4, -0.2) is 39.7 Å². The summed E-state index contributed by atoms with van der Waals surface area (Å²) in [6.07, 6.45) is 3.62. The van der Waals surface area contributed by atoms with Gasteiger partial charge in [-0.25, -0.2) is 0 Å². The van der Waals surface area contributed by atoms with Gasteiger partial charge in [0.2, 0.25) is 5.88 Å². The van der Waals surface area contributed by atoms with Gasteiger partial charge in [-0.05, 0) is 27.7 Å². The quantitative estimate of drug-likeness (QED) is 0.841. The molecule has 1 saturated heterocycles. The first-order valence-corrected chi connectivity index (χ1v) is 7.32. The second-order valence-electron chi connectivity index (χ2n) is 5.41. The number of ether oxygens (including phenoxy) is 1. The summed E-state index contributed by atoms with van der Waals surface area (Å²) in [7, 11) is 0. The summed E-state index contributed by atoms with van der Waals surface area (Å²) in [5.41, 5.74) is 0. The average Bonchev–Trinajstić information content (AvgIpc) is 2.27. The van der Waals surface area contributed by atoms with Crippen LogP contribution in [0.25, 0.3) is 0 Å². The van der Waals surface area contributed by atoms with E-state index in [4.69, 9.17) is 4.74 Å². The van der Waals surface area contributed by atoms with E-state index in [2.05, 4.69) is 28.7 Å². The SMILES string of the molecule is CC(C)Oc1cncc(N2CCSC(C)(C)C2)n1. The lowest BCUT2D eigenvalue weighted by Crippen LogP contribution is -2.43. The monoisotopic (exact) mass is 267 g/mol. The van der Waals surface area contributed by atoms with Crippen LogP contribution in [0.5, 0.6) is 5.88 Å². The van der Waals surface area contributed by atoms with Crippen molar-refractivity contribution in [3.63, 3.8) is 0 Å². The minimum atomic E-state index is 0.128. The Morgan fingerprint density at radius 2 is 2.17 bits per heavy atom. The zero-order chi connectivity index (χ0) is 13.2. The summed E-state index contributed by atoms with van der Waals surface area (Å²) >= 11 is 2.01. The van der Waals surface area contributed by atoms with E-state index >= 15 is 0 Å². The summed E-state index contributed by atoms with van der Waals surface area (Å²) in [5.74, 6) is 2.66. The van der Waals surface area contributed by atoms with Gasteiger partial charge in [-0.1, -0.05) is 0 Å². The zero-order valence-electron chi connectivity index (χ0n) is 11.5. The van der Waals surface area contributed by atoms with Crippen molar-refractivity contribution in [3.8, 4) is 5.88 Å². The van der Waals surface area contributed by atoms with Crippen LogP contribution >= 0.6 is 11.8 Å². The molecule has 0 atom stereocenters. The maximum absolute atomic E-state index is 5.59. The average molecular weight is 267 g/mol. The molecule has 0 aromatic carbocycles. The molecule has 0 spiro atoms. The maximum atomic E-state index is 5.59. The first-order chi connectivity index (χ1) is 8.46. The largest absolute Gasteiger partial charge is 0.474 e. The van der Waals surface area contributed by atoms with Crippen molar-refractivity contribution in [2.24, 2.45) is 0 Å². The van der Waals surface area contributed by atoms with Crippen LogP contribution in [0.2, 0.25) is 0 Å². The van der Waals surface area contributed by atoms with Crippen LogP contribution in [0.4, 0.5) is 5.82 Å². The Bertz CT molecular complexity index is 409. The van der Waals surface area contributed by atoms with E-state index in [-0.39, 0.29) is 10.9 Å². The van der Waals surface area contributed by atoms with E-state index in [1.54, 1.807) is 6.20 Å². The van der Waals surface area contributed by atoms with Crippen molar-refractivity contribution >= 4 is 17.6 Å². The zero-order valence-corrected chi connectivity index (χ0v) is 12.3. The molecule has 0 N–H and O–H groups in total. The Morgan fingerprint density at radius 1 is 1.39 bits per heavy atom. The lowest BCUT2D eigenvalue weighted by molar-refractivity contribution is 0.231. The minimum absolute atomic E-state index is 0.128. The van der Waals surface area contributed by atoms with Crippen LogP contribution in [0, 0.1) is 0 Å². The molecule has 0 radical (unpaired) electrons. The second-order valence-corrected chi connectivity index (χ2v) is 7.21. The third-order valence-electron chi connectivity index (χ3n) is 2.71. The highest BCUT2D eigenvalue weighted by Gasteiger charge is 2.28. The Kier molecular flexibility index (Phi) is 4.00. The fourth-order valence-electron chi connectivity index (χ4n) is 2.00. The summed E-state index contributed by atoms with van der Waals surface area (Å²) in [5, 5.41) is 0. The highest BCUT2D eigenvalue weighted by atomic mass is 32.2. The third kappa shape index (κ3) is 3.51. The lowest BCUT2D eigenvalue weighted by atomic mass is 10.2. The molecule has 0 aliphatic carbocycles. The topological polar surface area (TPSA) is 38.2 Å². The molecule has 0 unspecified atom stereocenters. The van der Waals surface area contributed by atoms with E-state index in [1.807, 2.05) is 31.8 Å². The predicted octanol–water partition coefficient (Wildman–Crippen LogP) is 2.60. The molecule has 1 fully saturated rings. The van der Waals surface area contributed by atoms with Crippen molar-refractivity contribution in [3.05, 3.63) is 12.4 Å². The molecule has 5 heteroatoms. The van der Waals surface area contributed by atoms with Crippen molar-refractivity contribution in [1.29, 1.82) is 0 Å². The van der Waals surface area contributed by atoms with Crippen LogP contribution in [0.3, 0.4) is 0 Å². The van der Waals surface area contributed by atoms with Gasteiger partial charge in [-0.2, -0.15) is 16.7 Å². The van der Waals surface area contributed by atoms with Gasteiger partial charge < -0.3 is 9.64 Å². The Hall–Kier alpha value is -0.970. The van der Waals surface area contributed by atoms with E-state index in [1.165, 1.54) is 0 Å². The Labute approximate surface area is 113 Å². The third-order valence-corrected chi connectivity index (χ3v) is 4.00. The molecular weight excluding hydrogens is 246 g/mol. The minimum Gasteiger partial charge on any atom is -0.474 e. The molecule has 4 nitrogen and oxygen atoms in total. The van der Waals surface area contributed by atoms with Gasteiger partial charge in [0.05, 0.1) is 18.5 Å². The molecule has 18 heavy (non-hydrogen) atoms. The van der Waals surface area contributed by atoms with Gasteiger partial charge in [-0.15, -0.1) is 0 Å². The van der Waals surface area contributed by atoms with Crippen LogP contribution in [0.1, 0.15) is 27.7 Å². The summed E-state index contributed by atoms with van der Waals surface area (Å²) < 4.78 is 5.86. The molecule has 1 aliphatic heterocycles. The smallest absolute Gasteiger partial charge is 0.234 e. The standard InChI is InChI=1S/C13H21N3OS/c1-10(2)17-12-8-14-7-11(15-12)16-5-6-18-13(3,4)9-16/h7-8,10H,5-6,9H2,1-4H3. The lowest BCUT2D eigenvalue weighted by Gasteiger charge is -2.38. The number of nitrogens with zero attached hydrogens (tertiary/aromatic N) is 3. The predicted molar refractivity (Wildman–Crippen MR) is 76.5 cm³/mol. The van der Waals surface area contributed by atoms with Crippen LogP contribution in [0.15, 0.2) is 12.4 Å². The molecule has 2 heterocycles. The number of anilines is 1. The number of hydrogen-bond acceptors (Lipinski definition) is 5. The molecule has 0 saturated carbocycles. The number of aromatic nitrogens is 2. The molecule has 100 valence electrons. The number of thioether (sulfide) groups is 1. The van der Waals surface area contributed by atoms with E-state index in [9.17, 15) is 0 Å². The molecule has 0 amide bonds. The Morgan fingerprint density at radius 3 is 2.83 bits per heavy atom. The van der Waals surface area contributed by atoms with Gasteiger partial charge in [0.1, 0.15) is 0 Å². The summed E-state index contributed by atoms with van der Waals surface area (Å²) in [6.45, 7) is 10.5. The fourth-order valence-corrected chi connectivity index (χ4v) is 3.11. The van der Waals surface area contributed by atoms with Crippen LogP contribution in [-0.2, 0) is 0 Å². The van der Waals surface area contributed by atoms with Gasteiger partial charge in [-0.3, -0.25) is 4.98 Å². The van der Waals surface area contributed by atoms with Gasteiger partial charge in [0.25, 0.3) is 0 Å². The molecule has 1 aromatic heterocycles. The number of hydrogen-bond donors (Lipinski definition) is 0. The highest BCUT2D eigenvalue weighted by Crippen LogP contribution is 2.31. The normalized spacial score (nSPS) is 19.1. The van der Waals surface area contributed by atoms with E-state index < -0.39 is 0 Å². The van der Waals surface area contributed by atoms with E-state index in [0.717, 1.165) is 24.7 Å². The van der Waals surface area contributed by atoms with Crippen molar-refractivity contribution < 1.29 is 4.74 Å².